The molecule has 0 atom stereocenters. The third kappa shape index (κ3) is 2.67. The molecule has 0 saturated carbocycles. The SMILES string of the molecule is O=C(O)C1=C(Nc2cncnc2)O/C(=C\c2c[nH]c3ncccc23)C1=O. The highest BCUT2D eigenvalue weighted by molar-refractivity contribution is 6.26. The zero-order chi connectivity index (χ0) is 18.1. The number of aromatic nitrogens is 4. The molecule has 9 nitrogen and oxygen atoms in total. The third-order valence-corrected chi connectivity index (χ3v) is 3.69. The molecule has 3 aromatic rings. The second-order valence-corrected chi connectivity index (χ2v) is 5.34. The van der Waals surface area contributed by atoms with Crippen LogP contribution < -0.4 is 5.32 Å². The van der Waals surface area contributed by atoms with Gasteiger partial charge < -0.3 is 20.1 Å². The van der Waals surface area contributed by atoms with Crippen molar-refractivity contribution in [3.05, 3.63) is 66.0 Å². The van der Waals surface area contributed by atoms with Crippen LogP contribution in [0, 0.1) is 0 Å². The van der Waals surface area contributed by atoms with Gasteiger partial charge in [0.1, 0.15) is 12.0 Å². The van der Waals surface area contributed by atoms with Crippen LogP contribution in [0.1, 0.15) is 5.56 Å². The first kappa shape index (κ1) is 15.5. The zero-order valence-electron chi connectivity index (χ0n) is 13.1. The number of nitrogens with zero attached hydrogens (tertiary/aromatic N) is 3. The summed E-state index contributed by atoms with van der Waals surface area (Å²) in [5.74, 6) is -2.40. The molecule has 0 bridgehead atoms. The molecule has 0 aliphatic carbocycles. The second-order valence-electron chi connectivity index (χ2n) is 5.34. The van der Waals surface area contributed by atoms with E-state index in [0.29, 0.717) is 16.9 Å². The predicted octanol–water partition coefficient (Wildman–Crippen LogP) is 1.70. The van der Waals surface area contributed by atoms with Crippen molar-refractivity contribution in [1.82, 2.24) is 19.9 Å². The minimum atomic E-state index is -1.39. The molecular formula is C17H11N5O4. The van der Waals surface area contributed by atoms with Gasteiger partial charge in [-0.25, -0.2) is 19.7 Å². The second kappa shape index (κ2) is 6.13. The summed E-state index contributed by atoms with van der Waals surface area (Å²) in [5.41, 5.74) is 1.21. The summed E-state index contributed by atoms with van der Waals surface area (Å²) in [7, 11) is 0. The van der Waals surface area contributed by atoms with Crippen LogP contribution in [-0.4, -0.2) is 36.8 Å². The van der Waals surface area contributed by atoms with E-state index < -0.39 is 17.3 Å². The van der Waals surface area contributed by atoms with E-state index in [0.717, 1.165) is 5.39 Å². The van der Waals surface area contributed by atoms with E-state index in [9.17, 15) is 14.7 Å². The first-order chi connectivity index (χ1) is 12.6. The summed E-state index contributed by atoms with van der Waals surface area (Å²) in [6, 6.07) is 3.59. The molecule has 1 aliphatic rings. The number of pyridine rings is 1. The Morgan fingerprint density at radius 1 is 1.31 bits per heavy atom. The van der Waals surface area contributed by atoms with Crippen LogP contribution in [0.15, 0.2) is 60.5 Å². The van der Waals surface area contributed by atoms with Crippen LogP contribution in [0.4, 0.5) is 5.69 Å². The maximum Gasteiger partial charge on any atom is 0.345 e. The average Bonchev–Trinajstić information content (AvgIpc) is 3.18. The Morgan fingerprint density at radius 2 is 2.12 bits per heavy atom. The number of allylic oxidation sites excluding steroid dienone is 1. The Bertz CT molecular complexity index is 1080. The van der Waals surface area contributed by atoms with Crippen LogP contribution in [-0.2, 0) is 14.3 Å². The first-order valence-corrected chi connectivity index (χ1v) is 7.49. The maximum absolute atomic E-state index is 12.5. The van der Waals surface area contributed by atoms with Gasteiger partial charge >= 0.3 is 5.97 Å². The van der Waals surface area contributed by atoms with Crippen molar-refractivity contribution in [3.8, 4) is 0 Å². The van der Waals surface area contributed by atoms with Crippen LogP contribution in [0.25, 0.3) is 17.1 Å². The van der Waals surface area contributed by atoms with Gasteiger partial charge in [-0.3, -0.25) is 4.79 Å². The molecule has 0 unspecified atom stereocenters. The summed E-state index contributed by atoms with van der Waals surface area (Å²) >= 11 is 0. The summed E-state index contributed by atoms with van der Waals surface area (Å²) in [5, 5.41) is 12.9. The molecule has 1 aliphatic heterocycles. The number of fused-ring (bicyclic) bond motifs is 1. The lowest BCUT2D eigenvalue weighted by atomic mass is 10.1. The number of carboxylic acid groups (broad SMARTS) is 1. The van der Waals surface area contributed by atoms with E-state index in [1.165, 1.54) is 24.8 Å². The van der Waals surface area contributed by atoms with Crippen molar-refractivity contribution < 1.29 is 19.4 Å². The minimum Gasteiger partial charge on any atom is -0.477 e. The Morgan fingerprint density at radius 3 is 2.88 bits per heavy atom. The number of Topliss-reactive ketones (excluding diaryl/α,β-unsaturated/α-hetero) is 1. The van der Waals surface area contributed by atoms with Crippen LogP contribution in [0.5, 0.6) is 0 Å². The largest absolute Gasteiger partial charge is 0.477 e. The number of hydrogen-bond acceptors (Lipinski definition) is 7. The molecule has 0 radical (unpaired) electrons. The Labute approximate surface area is 146 Å². The Balaban J connectivity index is 1.70. The fraction of sp³-hybridized carbons (Fsp3) is 0. The van der Waals surface area contributed by atoms with Gasteiger partial charge in [0.05, 0.1) is 18.1 Å². The smallest absolute Gasteiger partial charge is 0.345 e. The highest BCUT2D eigenvalue weighted by Crippen LogP contribution is 2.29. The molecule has 3 N–H and O–H groups in total. The predicted molar refractivity (Wildman–Crippen MR) is 90.5 cm³/mol. The van der Waals surface area contributed by atoms with Crippen molar-refractivity contribution in [2.75, 3.05) is 5.32 Å². The number of carbonyl (C=O) groups is 2. The highest BCUT2D eigenvalue weighted by Gasteiger charge is 2.36. The number of carbonyl (C=O) groups excluding carboxylic acids is 1. The van der Waals surface area contributed by atoms with Crippen molar-refractivity contribution >= 4 is 34.5 Å². The minimum absolute atomic E-state index is 0.105. The number of rotatable bonds is 4. The number of carboxylic acids is 1. The van der Waals surface area contributed by atoms with Crippen LogP contribution in [0.2, 0.25) is 0 Å². The summed E-state index contributed by atoms with van der Waals surface area (Å²) in [6.07, 6.45) is 8.97. The highest BCUT2D eigenvalue weighted by atomic mass is 16.5. The quantitative estimate of drug-likeness (QED) is 0.479. The number of ether oxygens (including phenoxy) is 1. The number of hydrogen-bond donors (Lipinski definition) is 3. The van der Waals surface area contributed by atoms with Gasteiger partial charge in [-0.1, -0.05) is 0 Å². The van der Waals surface area contributed by atoms with Gasteiger partial charge in [0.2, 0.25) is 11.7 Å². The number of anilines is 1. The summed E-state index contributed by atoms with van der Waals surface area (Å²) < 4.78 is 5.48. The molecule has 26 heavy (non-hydrogen) atoms. The van der Waals surface area contributed by atoms with Gasteiger partial charge in [-0.2, -0.15) is 0 Å². The van der Waals surface area contributed by atoms with Crippen molar-refractivity contribution in [2.45, 2.75) is 0 Å². The lowest BCUT2D eigenvalue weighted by molar-refractivity contribution is -0.134. The number of aliphatic carboxylic acids is 1. The van der Waals surface area contributed by atoms with Crippen molar-refractivity contribution in [3.63, 3.8) is 0 Å². The zero-order valence-corrected chi connectivity index (χ0v) is 13.1. The molecule has 4 heterocycles. The van der Waals surface area contributed by atoms with Gasteiger partial charge in [0.15, 0.2) is 11.3 Å². The Kier molecular flexibility index (Phi) is 3.66. The number of aromatic amines is 1. The Hall–Kier alpha value is -4.01. The normalized spacial score (nSPS) is 15.5. The van der Waals surface area contributed by atoms with Gasteiger partial charge in [0.25, 0.3) is 0 Å². The monoisotopic (exact) mass is 349 g/mol. The maximum atomic E-state index is 12.5. The van der Waals surface area contributed by atoms with E-state index in [1.807, 2.05) is 6.07 Å². The summed E-state index contributed by atoms with van der Waals surface area (Å²) in [6.45, 7) is 0. The fourth-order valence-electron chi connectivity index (χ4n) is 2.54. The third-order valence-electron chi connectivity index (χ3n) is 3.69. The van der Waals surface area contributed by atoms with Crippen LogP contribution >= 0.6 is 0 Å². The topological polar surface area (TPSA) is 130 Å². The molecule has 0 saturated heterocycles. The lowest BCUT2D eigenvalue weighted by Gasteiger charge is -2.06. The van der Waals surface area contributed by atoms with E-state index in [-0.39, 0.29) is 11.6 Å². The van der Waals surface area contributed by atoms with Gasteiger partial charge in [0, 0.05) is 23.3 Å². The van der Waals surface area contributed by atoms with Crippen molar-refractivity contribution in [2.24, 2.45) is 0 Å². The summed E-state index contributed by atoms with van der Waals surface area (Å²) in [4.78, 5) is 38.8. The first-order valence-electron chi connectivity index (χ1n) is 7.49. The number of H-pyrrole nitrogens is 1. The lowest BCUT2D eigenvalue weighted by Crippen LogP contribution is -2.12. The standard InChI is InChI=1S/C17H11N5O4/c23-14-12(4-9-5-21-15-11(9)2-1-3-20-15)26-16(13(14)17(24)25)22-10-6-18-8-19-7-10/h1-8,22H,(H,20,21)(H,24,25)/b12-4-. The molecule has 9 heteroatoms. The van der Waals surface area contributed by atoms with Gasteiger partial charge in [-0.05, 0) is 18.2 Å². The molecule has 0 spiro atoms. The van der Waals surface area contributed by atoms with E-state index in [1.54, 1.807) is 18.5 Å². The fourth-order valence-corrected chi connectivity index (χ4v) is 2.54. The average molecular weight is 349 g/mol. The molecule has 0 amide bonds. The number of nitrogens with one attached hydrogen (secondary N) is 2. The molecule has 0 aromatic carbocycles. The van der Waals surface area contributed by atoms with E-state index >= 15 is 0 Å². The molecule has 0 fully saturated rings. The van der Waals surface area contributed by atoms with Crippen LogP contribution in [0.3, 0.4) is 0 Å². The molecule has 3 aromatic heterocycles. The molecular weight excluding hydrogens is 338 g/mol. The van der Waals surface area contributed by atoms with E-state index in [4.69, 9.17) is 4.74 Å². The van der Waals surface area contributed by atoms with E-state index in [2.05, 4.69) is 25.3 Å². The molecule has 4 rings (SSSR count). The number of ketones is 1. The van der Waals surface area contributed by atoms with Crippen molar-refractivity contribution in [1.29, 1.82) is 0 Å². The van der Waals surface area contributed by atoms with Gasteiger partial charge in [-0.15, -0.1) is 0 Å². The molecule has 128 valence electrons.